The molecule has 90 valence electrons. The van der Waals surface area contributed by atoms with E-state index in [1.807, 2.05) is 6.92 Å². The van der Waals surface area contributed by atoms with Crippen LogP contribution in [-0.4, -0.2) is 38.1 Å². The minimum Gasteiger partial charge on any atom is -0.396 e. The summed E-state index contributed by atoms with van der Waals surface area (Å²) in [6.07, 6.45) is 1.88. The predicted octanol–water partition coefficient (Wildman–Crippen LogP) is 0.0445. The molecule has 15 heavy (non-hydrogen) atoms. The molecule has 0 saturated heterocycles. The molecule has 0 saturated carbocycles. The lowest BCUT2D eigenvalue weighted by molar-refractivity contribution is -0.274. The average Bonchev–Trinajstić information content (AvgIpc) is 2.24. The first-order valence-electron chi connectivity index (χ1n) is 5.03. The van der Waals surface area contributed by atoms with Gasteiger partial charge in [-0.25, -0.2) is 9.78 Å². The highest BCUT2D eigenvalue weighted by atomic mass is 17.2. The molecule has 0 aromatic carbocycles. The number of aliphatic hydroxyl groups is 1. The average molecular weight is 219 g/mol. The molecule has 0 aliphatic rings. The molecule has 0 amide bonds. The molecular weight excluding hydrogens is 198 g/mol. The Kier molecular flexibility index (Phi) is 9.15. The second-order valence-electron chi connectivity index (χ2n) is 3.34. The van der Waals surface area contributed by atoms with Crippen LogP contribution in [0.15, 0.2) is 0 Å². The summed E-state index contributed by atoms with van der Waals surface area (Å²) >= 11 is 0. The highest BCUT2D eigenvalue weighted by Crippen LogP contribution is 2.02. The van der Waals surface area contributed by atoms with Crippen molar-refractivity contribution in [2.24, 2.45) is 5.92 Å². The van der Waals surface area contributed by atoms with Crippen molar-refractivity contribution in [2.75, 3.05) is 27.0 Å². The summed E-state index contributed by atoms with van der Waals surface area (Å²) < 4.78 is 0. The third-order valence-corrected chi connectivity index (χ3v) is 1.91. The molecule has 0 bridgehead atoms. The molecule has 0 heterocycles. The maximum Gasteiger partial charge on any atom is 0.190 e. The molecule has 4 N–H and O–H groups in total. The van der Waals surface area contributed by atoms with Crippen LogP contribution in [0.25, 0.3) is 0 Å². The van der Waals surface area contributed by atoms with Crippen molar-refractivity contribution in [3.8, 4) is 0 Å². The summed E-state index contributed by atoms with van der Waals surface area (Å²) in [5, 5.41) is 21.7. The summed E-state index contributed by atoms with van der Waals surface area (Å²) in [7, 11) is 1.41. The Labute approximate surface area is 90.4 Å². The van der Waals surface area contributed by atoms with E-state index >= 15 is 0 Å². The fourth-order valence-corrected chi connectivity index (χ4v) is 0.978. The van der Waals surface area contributed by atoms with E-state index in [0.717, 1.165) is 12.8 Å². The molecule has 6 nitrogen and oxygen atoms in total. The van der Waals surface area contributed by atoms with Gasteiger partial charge in [0.05, 0.1) is 7.11 Å². The standard InChI is InChI=1S/C9H21N3O3/c1-8(6-13)4-3-5-11-9(10)12-7-15-14-2/h8,13H,3-7H2,1-2H3,(H3,10,11,12). The van der Waals surface area contributed by atoms with Crippen LogP contribution in [0.4, 0.5) is 0 Å². The summed E-state index contributed by atoms with van der Waals surface area (Å²) in [6.45, 7) is 3.08. The second kappa shape index (κ2) is 9.70. The van der Waals surface area contributed by atoms with Gasteiger partial charge in [0, 0.05) is 13.2 Å². The summed E-state index contributed by atoms with van der Waals surface area (Å²) in [6, 6.07) is 0. The van der Waals surface area contributed by atoms with Gasteiger partial charge in [-0.15, -0.1) is 0 Å². The van der Waals surface area contributed by atoms with E-state index in [9.17, 15) is 0 Å². The van der Waals surface area contributed by atoms with Crippen LogP contribution in [0.2, 0.25) is 0 Å². The molecule has 0 aliphatic heterocycles. The first-order chi connectivity index (χ1) is 7.20. The number of aliphatic hydroxyl groups excluding tert-OH is 1. The fourth-order valence-electron chi connectivity index (χ4n) is 0.978. The first-order valence-corrected chi connectivity index (χ1v) is 5.03. The normalized spacial score (nSPS) is 12.2. The molecular formula is C9H21N3O3. The number of hydrogen-bond donors (Lipinski definition) is 4. The zero-order chi connectivity index (χ0) is 11.5. The van der Waals surface area contributed by atoms with Gasteiger partial charge in [0.25, 0.3) is 0 Å². The van der Waals surface area contributed by atoms with Crippen molar-refractivity contribution in [2.45, 2.75) is 19.8 Å². The molecule has 6 heteroatoms. The molecule has 0 aromatic rings. The van der Waals surface area contributed by atoms with Crippen LogP contribution >= 0.6 is 0 Å². The Hall–Kier alpha value is -0.850. The van der Waals surface area contributed by atoms with E-state index in [0.29, 0.717) is 12.5 Å². The first kappa shape index (κ1) is 14.2. The van der Waals surface area contributed by atoms with E-state index in [-0.39, 0.29) is 19.3 Å². The van der Waals surface area contributed by atoms with Crippen molar-refractivity contribution in [1.29, 1.82) is 5.41 Å². The van der Waals surface area contributed by atoms with Gasteiger partial charge in [-0.1, -0.05) is 6.92 Å². The lowest BCUT2D eigenvalue weighted by Crippen LogP contribution is -2.38. The van der Waals surface area contributed by atoms with Gasteiger partial charge < -0.3 is 15.7 Å². The maximum atomic E-state index is 8.78. The highest BCUT2D eigenvalue weighted by molar-refractivity contribution is 5.76. The Balaban J connectivity index is 3.23. The number of hydrogen-bond acceptors (Lipinski definition) is 4. The van der Waals surface area contributed by atoms with Crippen molar-refractivity contribution >= 4 is 5.96 Å². The van der Waals surface area contributed by atoms with Crippen LogP contribution < -0.4 is 10.6 Å². The molecule has 0 fully saturated rings. The van der Waals surface area contributed by atoms with E-state index in [4.69, 9.17) is 10.5 Å². The van der Waals surface area contributed by atoms with E-state index in [2.05, 4.69) is 20.4 Å². The molecule has 0 radical (unpaired) electrons. The Morgan fingerprint density at radius 1 is 1.47 bits per heavy atom. The monoisotopic (exact) mass is 219 g/mol. The zero-order valence-corrected chi connectivity index (χ0v) is 9.38. The van der Waals surface area contributed by atoms with Crippen LogP contribution in [0.1, 0.15) is 19.8 Å². The second-order valence-corrected chi connectivity index (χ2v) is 3.34. The molecule has 1 unspecified atom stereocenters. The van der Waals surface area contributed by atoms with Crippen molar-refractivity contribution in [3.63, 3.8) is 0 Å². The third-order valence-electron chi connectivity index (χ3n) is 1.91. The van der Waals surface area contributed by atoms with Gasteiger partial charge in [-0.3, -0.25) is 5.41 Å². The van der Waals surface area contributed by atoms with E-state index in [1.54, 1.807) is 0 Å². The fraction of sp³-hybridized carbons (Fsp3) is 0.889. The molecule has 0 spiro atoms. The van der Waals surface area contributed by atoms with E-state index < -0.39 is 0 Å². The number of nitrogens with one attached hydrogen (secondary N) is 3. The molecule has 1 atom stereocenters. The summed E-state index contributed by atoms with van der Waals surface area (Å²) in [5.41, 5.74) is 0. The van der Waals surface area contributed by atoms with Gasteiger partial charge >= 0.3 is 0 Å². The minimum atomic E-state index is 0.148. The van der Waals surface area contributed by atoms with Crippen molar-refractivity contribution in [1.82, 2.24) is 10.6 Å². The van der Waals surface area contributed by atoms with Crippen molar-refractivity contribution < 1.29 is 14.9 Å². The Morgan fingerprint density at radius 2 is 2.20 bits per heavy atom. The Bertz CT molecular complexity index is 167. The maximum absolute atomic E-state index is 8.78. The van der Waals surface area contributed by atoms with E-state index in [1.165, 1.54) is 7.11 Å². The minimum absolute atomic E-state index is 0.148. The SMILES string of the molecule is COOCNC(=N)NCCCC(C)CO. The summed E-state index contributed by atoms with van der Waals surface area (Å²) in [5.74, 6) is 0.537. The van der Waals surface area contributed by atoms with Gasteiger partial charge in [0.1, 0.15) is 0 Å². The Morgan fingerprint density at radius 3 is 2.80 bits per heavy atom. The lowest BCUT2D eigenvalue weighted by atomic mass is 10.1. The smallest absolute Gasteiger partial charge is 0.190 e. The molecule has 0 rings (SSSR count). The van der Waals surface area contributed by atoms with Gasteiger partial charge in [0.2, 0.25) is 0 Å². The van der Waals surface area contributed by atoms with Crippen LogP contribution in [0.5, 0.6) is 0 Å². The number of guanidine groups is 1. The molecule has 0 aliphatic carbocycles. The van der Waals surface area contributed by atoms with Gasteiger partial charge in [-0.05, 0) is 18.8 Å². The van der Waals surface area contributed by atoms with Crippen molar-refractivity contribution in [3.05, 3.63) is 0 Å². The third kappa shape index (κ3) is 9.45. The quantitative estimate of drug-likeness (QED) is 0.116. The highest BCUT2D eigenvalue weighted by Gasteiger charge is 1.99. The van der Waals surface area contributed by atoms with Crippen LogP contribution in [-0.2, 0) is 9.78 Å². The summed E-state index contributed by atoms with van der Waals surface area (Å²) in [4.78, 5) is 8.89. The largest absolute Gasteiger partial charge is 0.396 e. The van der Waals surface area contributed by atoms with Gasteiger partial charge in [-0.2, -0.15) is 0 Å². The topological polar surface area (TPSA) is 86.6 Å². The van der Waals surface area contributed by atoms with Gasteiger partial charge in [0.15, 0.2) is 12.7 Å². The lowest BCUT2D eigenvalue weighted by Gasteiger charge is -2.11. The predicted molar refractivity (Wildman–Crippen MR) is 57.3 cm³/mol. The van der Waals surface area contributed by atoms with Crippen LogP contribution in [0.3, 0.4) is 0 Å². The molecule has 0 aromatic heterocycles. The number of rotatable bonds is 8. The van der Waals surface area contributed by atoms with Crippen LogP contribution in [0, 0.1) is 11.3 Å². The zero-order valence-electron chi connectivity index (χ0n) is 9.38.